The minimum absolute atomic E-state index is 0.461. The first kappa shape index (κ1) is 8.52. The first-order valence-electron chi connectivity index (χ1n) is 3.69. The van der Waals surface area contributed by atoms with E-state index in [4.69, 9.17) is 12.2 Å². The Labute approximate surface area is 85.9 Å². The van der Waals surface area contributed by atoms with Crippen LogP contribution in [0.15, 0.2) is 24.4 Å². The summed E-state index contributed by atoms with van der Waals surface area (Å²) in [5, 5.41) is 10.8. The maximum atomic E-state index is 4.81. The third-order valence-corrected chi connectivity index (χ3v) is 1.91. The van der Waals surface area contributed by atoms with Crippen LogP contribution in [-0.4, -0.2) is 14.5 Å². The van der Waals surface area contributed by atoms with Gasteiger partial charge in [0.05, 0.1) is 11.7 Å². The summed E-state index contributed by atoms with van der Waals surface area (Å²) in [6.07, 6.45) is 1.77. The molecule has 3 nitrogen and oxygen atoms in total. The van der Waals surface area contributed by atoms with Crippen molar-refractivity contribution in [1.29, 1.82) is 0 Å². The summed E-state index contributed by atoms with van der Waals surface area (Å²) in [7, 11) is 0. The van der Waals surface area contributed by atoms with Gasteiger partial charge in [-0.2, -0.15) is 5.10 Å². The van der Waals surface area contributed by atoms with Crippen LogP contribution in [0.2, 0.25) is 0 Å². The highest BCUT2D eigenvalue weighted by Crippen LogP contribution is 2.16. The molecule has 0 amide bonds. The third kappa shape index (κ3) is 1.81. The van der Waals surface area contributed by atoms with Crippen molar-refractivity contribution < 1.29 is 0 Å². The molecule has 0 aliphatic heterocycles. The number of rotatable bonds is 1. The number of H-pyrrole nitrogens is 1. The van der Waals surface area contributed by atoms with Crippen LogP contribution in [0.5, 0.6) is 0 Å². The van der Waals surface area contributed by atoms with Gasteiger partial charge in [0.25, 0.3) is 0 Å². The number of aromatic nitrogens is 2. The van der Waals surface area contributed by atoms with Crippen LogP contribution >= 0.6 is 24.8 Å². The second kappa shape index (κ2) is 3.35. The molecule has 0 atom stereocenters. The number of thiol groups is 1. The Morgan fingerprint density at radius 1 is 1.54 bits per heavy atom. The van der Waals surface area contributed by atoms with E-state index in [-0.39, 0.29) is 0 Å². The van der Waals surface area contributed by atoms with E-state index in [1.54, 1.807) is 6.20 Å². The maximum absolute atomic E-state index is 4.81. The van der Waals surface area contributed by atoms with Crippen molar-refractivity contribution in [2.75, 3.05) is 5.32 Å². The van der Waals surface area contributed by atoms with Crippen molar-refractivity contribution in [2.45, 2.75) is 0 Å². The summed E-state index contributed by atoms with van der Waals surface area (Å²) in [6, 6.07) is 5.82. The largest absolute Gasteiger partial charge is 0.341 e. The molecule has 0 fully saturated rings. The molecule has 13 heavy (non-hydrogen) atoms. The highest BCUT2D eigenvalue weighted by atomic mass is 32.1. The molecular formula is C8H7N3S2. The fraction of sp³-hybridized carbons (Fsp3) is 0. The van der Waals surface area contributed by atoms with E-state index < -0.39 is 0 Å². The molecule has 2 aromatic rings. The average Bonchev–Trinajstić information content (AvgIpc) is 2.49. The number of fused-ring (bicyclic) bond motifs is 1. The topological polar surface area (TPSA) is 40.7 Å². The number of thiocarbonyl (C=S) groups is 1. The van der Waals surface area contributed by atoms with Crippen LogP contribution in [0.25, 0.3) is 10.9 Å². The molecule has 1 aromatic heterocycles. The highest BCUT2D eigenvalue weighted by Gasteiger charge is 1.97. The molecule has 0 bridgehead atoms. The predicted octanol–water partition coefficient (Wildman–Crippen LogP) is 2.19. The SMILES string of the molecule is S=C(S)Nc1ccc2[nH]ncc2c1. The Balaban J connectivity index is 2.42. The average molecular weight is 209 g/mol. The van der Waals surface area contributed by atoms with E-state index in [1.807, 2.05) is 18.2 Å². The molecule has 66 valence electrons. The molecule has 1 heterocycles. The van der Waals surface area contributed by atoms with Crippen molar-refractivity contribution in [1.82, 2.24) is 10.2 Å². The zero-order valence-electron chi connectivity index (χ0n) is 6.61. The van der Waals surface area contributed by atoms with E-state index in [0.29, 0.717) is 4.32 Å². The molecule has 0 unspecified atom stereocenters. The van der Waals surface area contributed by atoms with Gasteiger partial charge in [-0.1, -0.05) is 12.2 Å². The summed E-state index contributed by atoms with van der Waals surface area (Å²) in [4.78, 5) is 0. The smallest absolute Gasteiger partial charge is 0.135 e. The molecule has 2 N–H and O–H groups in total. The second-order valence-corrected chi connectivity index (χ2v) is 3.76. The van der Waals surface area contributed by atoms with Crippen LogP contribution in [0.1, 0.15) is 0 Å². The van der Waals surface area contributed by atoms with Crippen molar-refractivity contribution in [3.63, 3.8) is 0 Å². The Bertz CT molecular complexity index is 449. The number of anilines is 1. The molecule has 1 aromatic carbocycles. The fourth-order valence-corrected chi connectivity index (χ4v) is 1.39. The number of nitrogens with zero attached hydrogens (tertiary/aromatic N) is 1. The second-order valence-electron chi connectivity index (χ2n) is 2.60. The molecule has 5 heteroatoms. The first-order valence-corrected chi connectivity index (χ1v) is 4.54. The highest BCUT2D eigenvalue weighted by molar-refractivity contribution is 8.11. The molecule has 0 radical (unpaired) electrons. The zero-order valence-corrected chi connectivity index (χ0v) is 8.32. The van der Waals surface area contributed by atoms with Crippen molar-refractivity contribution in [2.24, 2.45) is 0 Å². The summed E-state index contributed by atoms with van der Waals surface area (Å²) in [6.45, 7) is 0. The molecule has 2 rings (SSSR count). The van der Waals surface area contributed by atoms with Crippen LogP contribution in [0, 0.1) is 0 Å². The van der Waals surface area contributed by atoms with Gasteiger partial charge in [0.1, 0.15) is 4.32 Å². The number of hydrogen-bond acceptors (Lipinski definition) is 2. The number of benzene rings is 1. The summed E-state index contributed by atoms with van der Waals surface area (Å²) in [5.74, 6) is 0. The van der Waals surface area contributed by atoms with Crippen molar-refractivity contribution in [3.8, 4) is 0 Å². The van der Waals surface area contributed by atoms with Crippen molar-refractivity contribution in [3.05, 3.63) is 24.4 Å². The van der Waals surface area contributed by atoms with Crippen LogP contribution in [0.4, 0.5) is 5.69 Å². The Kier molecular flexibility index (Phi) is 2.20. The zero-order chi connectivity index (χ0) is 9.26. The van der Waals surface area contributed by atoms with Gasteiger partial charge in [0, 0.05) is 11.1 Å². The predicted molar refractivity (Wildman–Crippen MR) is 61.3 cm³/mol. The summed E-state index contributed by atoms with van der Waals surface area (Å²) in [5.41, 5.74) is 1.93. The third-order valence-electron chi connectivity index (χ3n) is 1.69. The minimum Gasteiger partial charge on any atom is -0.341 e. The molecule has 0 saturated heterocycles. The van der Waals surface area contributed by atoms with Gasteiger partial charge in [-0.25, -0.2) is 0 Å². The molecule has 0 aliphatic rings. The van der Waals surface area contributed by atoms with Gasteiger partial charge in [0.15, 0.2) is 0 Å². The number of hydrogen-bond donors (Lipinski definition) is 3. The van der Waals surface area contributed by atoms with Crippen molar-refractivity contribution >= 4 is 45.8 Å². The lowest BCUT2D eigenvalue weighted by Crippen LogP contribution is -1.99. The Hall–Kier alpha value is -1.07. The molecular weight excluding hydrogens is 202 g/mol. The van der Waals surface area contributed by atoms with E-state index in [0.717, 1.165) is 16.6 Å². The van der Waals surface area contributed by atoms with E-state index in [1.165, 1.54) is 0 Å². The Morgan fingerprint density at radius 2 is 2.38 bits per heavy atom. The fourth-order valence-electron chi connectivity index (χ4n) is 1.14. The van der Waals surface area contributed by atoms with Gasteiger partial charge in [-0.3, -0.25) is 5.10 Å². The lowest BCUT2D eigenvalue weighted by atomic mass is 10.2. The summed E-state index contributed by atoms with van der Waals surface area (Å²) < 4.78 is 0.461. The molecule has 0 saturated carbocycles. The van der Waals surface area contributed by atoms with Crippen LogP contribution < -0.4 is 5.32 Å². The lowest BCUT2D eigenvalue weighted by Gasteiger charge is -2.01. The van der Waals surface area contributed by atoms with E-state index in [9.17, 15) is 0 Å². The van der Waals surface area contributed by atoms with Crippen LogP contribution in [-0.2, 0) is 0 Å². The first-order chi connectivity index (χ1) is 6.25. The van der Waals surface area contributed by atoms with Gasteiger partial charge < -0.3 is 5.32 Å². The van der Waals surface area contributed by atoms with Gasteiger partial charge in [-0.15, -0.1) is 12.6 Å². The van der Waals surface area contributed by atoms with Gasteiger partial charge >= 0.3 is 0 Å². The Morgan fingerprint density at radius 3 is 3.15 bits per heavy atom. The molecule has 0 aliphatic carbocycles. The normalized spacial score (nSPS) is 10.2. The minimum atomic E-state index is 0.461. The van der Waals surface area contributed by atoms with E-state index >= 15 is 0 Å². The standard InChI is InChI=1S/C8H7N3S2/c12-8(13)10-6-1-2-7-5(3-6)4-9-11-7/h1-4H,(H,9,11)(H2,10,12,13). The number of aromatic amines is 1. The lowest BCUT2D eigenvalue weighted by molar-refractivity contribution is 1.12. The van der Waals surface area contributed by atoms with Gasteiger partial charge in [0.2, 0.25) is 0 Å². The number of nitrogens with one attached hydrogen (secondary N) is 2. The van der Waals surface area contributed by atoms with Gasteiger partial charge in [-0.05, 0) is 18.2 Å². The van der Waals surface area contributed by atoms with Crippen LogP contribution in [0.3, 0.4) is 0 Å². The quantitative estimate of drug-likeness (QED) is 0.498. The molecule has 0 spiro atoms. The van der Waals surface area contributed by atoms with E-state index in [2.05, 4.69) is 28.1 Å². The summed E-state index contributed by atoms with van der Waals surface area (Å²) >= 11 is 8.79. The maximum Gasteiger partial charge on any atom is 0.135 e. The monoisotopic (exact) mass is 209 g/mol.